The minimum Gasteiger partial charge on any atom is -0.309 e. The van der Waals surface area contributed by atoms with Crippen molar-refractivity contribution in [3.63, 3.8) is 0 Å². The van der Waals surface area contributed by atoms with Crippen LogP contribution < -0.4 is 0 Å². The Labute approximate surface area is 380 Å². The molecule has 3 heterocycles. The second kappa shape index (κ2) is 14.7. The summed E-state index contributed by atoms with van der Waals surface area (Å²) in [5.74, 6) is 0.618. The van der Waals surface area contributed by atoms with Crippen LogP contribution in [0.4, 0.5) is 0 Å². The molecule has 0 aliphatic carbocycles. The molecule has 0 saturated carbocycles. The van der Waals surface area contributed by atoms with Crippen molar-refractivity contribution in [2.75, 3.05) is 0 Å². The number of thiophene rings is 1. The molecular weight excluding hydrogens is 797 g/mol. The number of fused-ring (bicyclic) bond motifs is 9. The molecule has 10 aromatic carbocycles. The van der Waals surface area contributed by atoms with Gasteiger partial charge in [0.15, 0.2) is 17.5 Å². The second-order valence-electron chi connectivity index (χ2n) is 16.0. The first kappa shape index (κ1) is 31.6. The summed E-state index contributed by atoms with van der Waals surface area (Å²) in [6, 6.07) is 63.3. The lowest BCUT2D eigenvalue weighted by Gasteiger charge is -2.13. The maximum absolute atomic E-state index is 9.07. The van der Waals surface area contributed by atoms with Gasteiger partial charge in [-0.1, -0.05) is 170 Å². The van der Waals surface area contributed by atoms with E-state index in [1.807, 2.05) is 30.3 Å². The normalized spacial score (nSPS) is 12.8. The highest BCUT2D eigenvalue weighted by Gasteiger charge is 2.21. The Morgan fingerprint density at radius 1 is 0.375 bits per heavy atom. The monoisotopic (exact) mass is 837 g/mol. The molecule has 0 aliphatic rings. The molecule has 0 radical (unpaired) electrons. The molecule has 0 saturated heterocycles. The third-order valence-corrected chi connectivity index (χ3v) is 13.5. The van der Waals surface area contributed by atoms with Gasteiger partial charge in [0.25, 0.3) is 0 Å². The van der Waals surface area contributed by atoms with Crippen LogP contribution in [0.2, 0.25) is 0 Å². The zero-order chi connectivity index (χ0) is 46.5. The Hall–Kier alpha value is -8.25. The van der Waals surface area contributed by atoms with Crippen LogP contribution in [0.3, 0.4) is 0 Å². The van der Waals surface area contributed by atoms with Crippen LogP contribution in [0.5, 0.6) is 0 Å². The van der Waals surface area contributed by atoms with Crippen molar-refractivity contribution < 1.29 is 6.85 Å². The molecule has 13 aromatic rings. The summed E-state index contributed by atoms with van der Waals surface area (Å²) in [6.45, 7) is 0. The highest BCUT2D eigenvalue weighted by molar-refractivity contribution is 7.26. The van der Waals surface area contributed by atoms with Crippen LogP contribution in [0.25, 0.3) is 126 Å². The minimum atomic E-state index is -0.484. The average Bonchev–Trinajstić information content (AvgIpc) is 3.95. The SMILES string of the molecule is [2H]c1c([2H])c([2H])c(-c2nc(-c3ccc4c(ccc5ccccc54)c3)nc(-c3cc(-n4c5ccccc5c5ccccc54)cc4c3sc3ccc(-c5cccc(-c6ccccc6)c5)cc34)n2)c([2H])c1[2H]. The molecule has 0 N–H and O–H groups in total. The van der Waals surface area contributed by atoms with Crippen LogP contribution in [0.1, 0.15) is 6.85 Å². The predicted octanol–water partition coefficient (Wildman–Crippen LogP) is 16.0. The summed E-state index contributed by atoms with van der Waals surface area (Å²) >= 11 is 1.65. The molecule has 0 amide bonds. The summed E-state index contributed by atoms with van der Waals surface area (Å²) in [5.41, 5.74) is 8.79. The van der Waals surface area contributed by atoms with Gasteiger partial charge in [-0.05, 0) is 92.3 Å². The number of para-hydroxylation sites is 2. The van der Waals surface area contributed by atoms with Gasteiger partial charge in [0.1, 0.15) is 0 Å². The van der Waals surface area contributed by atoms with Crippen molar-refractivity contribution in [3.05, 3.63) is 218 Å². The number of nitrogens with zero attached hydrogens (tertiary/aromatic N) is 4. The number of aromatic nitrogens is 4. The smallest absolute Gasteiger partial charge is 0.165 e. The fraction of sp³-hybridized carbons (Fsp3) is 0. The molecule has 3 aromatic heterocycles. The van der Waals surface area contributed by atoms with E-state index in [0.29, 0.717) is 17.2 Å². The van der Waals surface area contributed by atoms with Gasteiger partial charge >= 0.3 is 0 Å². The van der Waals surface area contributed by atoms with E-state index in [1.54, 1.807) is 11.3 Å². The van der Waals surface area contributed by atoms with Crippen LogP contribution in [0, 0.1) is 0 Å². The van der Waals surface area contributed by atoms with E-state index in [-0.39, 0.29) is 23.5 Å². The lowest BCUT2D eigenvalue weighted by atomic mass is 9.97. The maximum atomic E-state index is 9.07. The highest BCUT2D eigenvalue weighted by atomic mass is 32.1. The predicted molar refractivity (Wildman–Crippen MR) is 269 cm³/mol. The first-order valence-electron chi connectivity index (χ1n) is 23.7. The summed E-state index contributed by atoms with van der Waals surface area (Å²) in [4.78, 5) is 15.4. The van der Waals surface area contributed by atoms with Gasteiger partial charge in [0.2, 0.25) is 0 Å². The van der Waals surface area contributed by atoms with Crippen LogP contribution >= 0.6 is 11.3 Å². The van der Waals surface area contributed by atoms with Crippen molar-refractivity contribution in [2.45, 2.75) is 0 Å². The Bertz CT molecular complexity index is 4200. The quantitative estimate of drug-likeness (QED) is 0.157. The third-order valence-electron chi connectivity index (χ3n) is 12.3. The summed E-state index contributed by atoms with van der Waals surface area (Å²) < 4.78 is 48.1. The number of hydrogen-bond acceptors (Lipinski definition) is 4. The van der Waals surface area contributed by atoms with Gasteiger partial charge in [-0.15, -0.1) is 11.3 Å². The minimum absolute atomic E-state index is 0.0114. The van der Waals surface area contributed by atoms with E-state index in [9.17, 15) is 0 Å². The first-order chi connectivity index (χ1) is 33.8. The Morgan fingerprint density at radius 3 is 1.78 bits per heavy atom. The molecule has 64 heavy (non-hydrogen) atoms. The molecule has 0 spiro atoms. The number of benzene rings is 10. The molecule has 4 nitrogen and oxygen atoms in total. The zero-order valence-corrected chi connectivity index (χ0v) is 34.9. The lowest BCUT2D eigenvalue weighted by molar-refractivity contribution is 1.08. The first-order valence-corrected chi connectivity index (χ1v) is 22.0. The molecule has 0 fully saturated rings. The Morgan fingerprint density at radius 2 is 0.984 bits per heavy atom. The molecule has 5 heteroatoms. The van der Waals surface area contributed by atoms with Crippen LogP contribution in [-0.4, -0.2) is 19.5 Å². The standard InChI is InChI=1S/C59H36N4S/c1-3-14-37(15-4-1)40-19-13-20-41(32-40)42-29-31-55-50(34-42)51-35-45(63-53-24-11-9-22-48(53)49-23-10-12-25-54(49)63)36-52(56(51)64-55)59-61-57(39-17-5-2-6-18-39)60-58(62-59)44-28-30-47-43(33-44)27-26-38-16-7-8-21-46(38)47/h1-36H/i2D,5D,6D,17D,18D. The van der Waals surface area contributed by atoms with Crippen molar-refractivity contribution in [1.82, 2.24) is 19.5 Å². The highest BCUT2D eigenvalue weighted by Crippen LogP contribution is 2.44. The van der Waals surface area contributed by atoms with Crippen molar-refractivity contribution in [2.24, 2.45) is 0 Å². The Kier molecular flexibility index (Phi) is 7.25. The maximum Gasteiger partial charge on any atom is 0.165 e. The van der Waals surface area contributed by atoms with Gasteiger partial charge in [0, 0.05) is 53.3 Å². The van der Waals surface area contributed by atoms with E-state index in [4.69, 9.17) is 21.8 Å². The van der Waals surface area contributed by atoms with E-state index < -0.39 is 18.1 Å². The number of rotatable bonds is 6. The Balaban J connectivity index is 1.10. The van der Waals surface area contributed by atoms with Gasteiger partial charge in [-0.2, -0.15) is 0 Å². The van der Waals surface area contributed by atoms with E-state index in [1.165, 1.54) is 0 Å². The van der Waals surface area contributed by atoms with Gasteiger partial charge < -0.3 is 4.57 Å². The lowest BCUT2D eigenvalue weighted by Crippen LogP contribution is -2.01. The van der Waals surface area contributed by atoms with Crippen LogP contribution in [-0.2, 0) is 0 Å². The topological polar surface area (TPSA) is 43.6 Å². The van der Waals surface area contributed by atoms with E-state index in [2.05, 4.69) is 162 Å². The van der Waals surface area contributed by atoms with Crippen LogP contribution in [0.15, 0.2) is 218 Å². The molecule has 0 atom stereocenters. The molecular formula is C59H36N4S. The average molecular weight is 838 g/mol. The summed E-state index contributed by atoms with van der Waals surface area (Å²) in [6.07, 6.45) is 0. The zero-order valence-electron chi connectivity index (χ0n) is 39.1. The van der Waals surface area contributed by atoms with Crippen molar-refractivity contribution >= 4 is 74.9 Å². The molecule has 298 valence electrons. The molecule has 0 bridgehead atoms. The third kappa shape index (κ3) is 6.01. The van der Waals surface area contributed by atoms with Gasteiger partial charge in [-0.3, -0.25) is 0 Å². The second-order valence-corrected chi connectivity index (χ2v) is 17.1. The molecule has 0 aliphatic heterocycles. The summed E-state index contributed by atoms with van der Waals surface area (Å²) in [5, 5.41) is 8.65. The van der Waals surface area contributed by atoms with Crippen molar-refractivity contribution in [1.29, 1.82) is 0 Å². The summed E-state index contributed by atoms with van der Waals surface area (Å²) in [7, 11) is 0. The van der Waals surface area contributed by atoms with E-state index >= 15 is 0 Å². The van der Waals surface area contributed by atoms with Crippen molar-refractivity contribution in [3.8, 4) is 62.1 Å². The number of hydrogen-bond donors (Lipinski definition) is 0. The molecule has 0 unspecified atom stereocenters. The largest absolute Gasteiger partial charge is 0.309 e. The fourth-order valence-electron chi connectivity index (χ4n) is 9.30. The molecule has 13 rings (SSSR count). The van der Waals surface area contributed by atoms with E-state index in [0.717, 1.165) is 97.0 Å². The van der Waals surface area contributed by atoms with Gasteiger partial charge in [-0.25, -0.2) is 15.0 Å². The van der Waals surface area contributed by atoms with Gasteiger partial charge in [0.05, 0.1) is 17.9 Å². The fourth-order valence-corrected chi connectivity index (χ4v) is 10.5.